The molecule has 0 bridgehead atoms. The number of hydrogen-bond donors (Lipinski definition) is 1. The third kappa shape index (κ3) is 4.14. The molecule has 1 aliphatic heterocycles. The Labute approximate surface area is 156 Å². The van der Waals surface area contributed by atoms with Gasteiger partial charge in [-0.3, -0.25) is 4.90 Å². The molecule has 26 heavy (non-hydrogen) atoms. The summed E-state index contributed by atoms with van der Waals surface area (Å²) in [6.45, 7) is 4.81. The molecule has 0 amide bonds. The van der Waals surface area contributed by atoms with Crippen molar-refractivity contribution in [3.63, 3.8) is 0 Å². The van der Waals surface area contributed by atoms with Crippen LogP contribution in [0.5, 0.6) is 11.5 Å². The molecule has 0 saturated carbocycles. The van der Waals surface area contributed by atoms with Crippen LogP contribution in [0.4, 0.5) is 0 Å². The summed E-state index contributed by atoms with van der Waals surface area (Å²) in [4.78, 5) is 15.0. The lowest BCUT2D eigenvalue weighted by Crippen LogP contribution is -2.41. The third-order valence-electron chi connectivity index (χ3n) is 4.31. The van der Waals surface area contributed by atoms with Crippen molar-refractivity contribution in [2.24, 2.45) is 0 Å². The zero-order chi connectivity index (χ0) is 18.5. The van der Waals surface area contributed by atoms with Crippen LogP contribution in [-0.4, -0.2) is 63.5 Å². The van der Waals surface area contributed by atoms with Crippen molar-refractivity contribution in [1.82, 2.24) is 10.2 Å². The van der Waals surface area contributed by atoms with E-state index >= 15 is 0 Å². The van der Waals surface area contributed by atoms with Crippen molar-refractivity contribution in [1.29, 1.82) is 0 Å². The predicted octanol–water partition coefficient (Wildman–Crippen LogP) is 1.41. The molecule has 140 valence electrons. The molecular weight excluding hydrogens is 356 g/mol. The van der Waals surface area contributed by atoms with Crippen LogP contribution in [-0.2, 0) is 4.74 Å². The first-order chi connectivity index (χ1) is 12.6. The van der Waals surface area contributed by atoms with Crippen LogP contribution in [0, 0.1) is 0 Å². The van der Waals surface area contributed by atoms with Gasteiger partial charge in [0.2, 0.25) is 0 Å². The number of thiocarbonyl (C=S) groups is 1. The Morgan fingerprint density at radius 3 is 2.69 bits per heavy atom. The smallest absolute Gasteiger partial charge is 0.346 e. The average Bonchev–Trinajstić information content (AvgIpc) is 2.67. The normalized spacial score (nSPS) is 15.0. The molecular formula is C18H22N2O5S. The molecule has 0 radical (unpaired) electrons. The van der Waals surface area contributed by atoms with Crippen molar-refractivity contribution < 1.29 is 18.6 Å². The van der Waals surface area contributed by atoms with Crippen molar-refractivity contribution in [3.05, 3.63) is 34.2 Å². The summed E-state index contributed by atoms with van der Waals surface area (Å²) in [5.41, 5.74) is 0.223. The summed E-state index contributed by atoms with van der Waals surface area (Å²) in [6, 6.07) is 5.09. The lowest BCUT2D eigenvalue weighted by molar-refractivity contribution is 0.0389. The average molecular weight is 378 g/mol. The van der Waals surface area contributed by atoms with Gasteiger partial charge in [0.1, 0.15) is 22.1 Å². The van der Waals surface area contributed by atoms with Gasteiger partial charge in [-0.25, -0.2) is 4.79 Å². The summed E-state index contributed by atoms with van der Waals surface area (Å²) in [5, 5.41) is 3.80. The van der Waals surface area contributed by atoms with Gasteiger partial charge in [-0.1, -0.05) is 12.2 Å². The zero-order valence-corrected chi connectivity index (χ0v) is 15.7. The highest BCUT2D eigenvalue weighted by atomic mass is 32.1. The maximum absolute atomic E-state index is 12.3. The van der Waals surface area contributed by atoms with Gasteiger partial charge in [0.25, 0.3) is 0 Å². The highest BCUT2D eigenvalue weighted by molar-refractivity contribution is 7.80. The lowest BCUT2D eigenvalue weighted by atomic mass is 10.1. The summed E-state index contributed by atoms with van der Waals surface area (Å²) < 4.78 is 21.3. The summed E-state index contributed by atoms with van der Waals surface area (Å²) in [6.07, 6.45) is 0. The van der Waals surface area contributed by atoms with Crippen LogP contribution in [0.15, 0.2) is 27.4 Å². The number of morpholine rings is 1. The van der Waals surface area contributed by atoms with E-state index in [9.17, 15) is 4.79 Å². The molecule has 0 aliphatic carbocycles. The van der Waals surface area contributed by atoms with Gasteiger partial charge < -0.3 is 23.9 Å². The van der Waals surface area contributed by atoms with Crippen molar-refractivity contribution in [2.45, 2.75) is 0 Å². The van der Waals surface area contributed by atoms with Crippen molar-refractivity contribution >= 4 is 28.2 Å². The Morgan fingerprint density at radius 1 is 1.23 bits per heavy atom. The summed E-state index contributed by atoms with van der Waals surface area (Å²) in [7, 11) is 3.10. The fourth-order valence-electron chi connectivity index (χ4n) is 2.85. The second-order valence-corrected chi connectivity index (χ2v) is 6.31. The quantitative estimate of drug-likeness (QED) is 0.598. The van der Waals surface area contributed by atoms with E-state index in [0.717, 1.165) is 32.8 Å². The van der Waals surface area contributed by atoms with E-state index in [2.05, 4.69) is 10.2 Å². The second kappa shape index (κ2) is 8.48. The van der Waals surface area contributed by atoms with E-state index in [1.54, 1.807) is 32.4 Å². The first-order valence-electron chi connectivity index (χ1n) is 8.40. The minimum absolute atomic E-state index is 0.318. The van der Waals surface area contributed by atoms with Gasteiger partial charge in [0.15, 0.2) is 0 Å². The zero-order valence-electron chi connectivity index (χ0n) is 14.9. The van der Waals surface area contributed by atoms with E-state index < -0.39 is 5.63 Å². The number of hydrogen-bond acceptors (Lipinski definition) is 7. The number of nitrogens with one attached hydrogen (secondary N) is 1. The topological polar surface area (TPSA) is 73.2 Å². The fourth-order valence-corrected chi connectivity index (χ4v) is 3.10. The molecule has 1 aromatic heterocycles. The summed E-state index contributed by atoms with van der Waals surface area (Å²) in [5.74, 6) is 1.11. The highest BCUT2D eigenvalue weighted by Crippen LogP contribution is 2.30. The number of benzene rings is 1. The summed E-state index contributed by atoms with van der Waals surface area (Å²) >= 11 is 5.39. The van der Waals surface area contributed by atoms with E-state index in [4.69, 9.17) is 30.8 Å². The molecule has 2 aromatic rings. The van der Waals surface area contributed by atoms with E-state index in [1.807, 2.05) is 0 Å². The molecule has 8 heteroatoms. The van der Waals surface area contributed by atoms with Gasteiger partial charge in [0.05, 0.1) is 38.4 Å². The Bertz CT molecular complexity index is 845. The monoisotopic (exact) mass is 378 g/mol. The van der Waals surface area contributed by atoms with Crippen LogP contribution in [0.1, 0.15) is 5.56 Å². The van der Waals surface area contributed by atoms with Gasteiger partial charge in [-0.05, 0) is 6.07 Å². The fraction of sp³-hybridized carbons (Fsp3) is 0.444. The molecule has 1 N–H and O–H groups in total. The Balaban J connectivity index is 1.77. The second-order valence-electron chi connectivity index (χ2n) is 5.90. The van der Waals surface area contributed by atoms with Gasteiger partial charge in [-0.2, -0.15) is 0 Å². The van der Waals surface area contributed by atoms with Crippen molar-refractivity contribution in [3.8, 4) is 11.5 Å². The van der Waals surface area contributed by atoms with Crippen LogP contribution in [0.25, 0.3) is 11.0 Å². The van der Waals surface area contributed by atoms with E-state index in [1.165, 1.54) is 0 Å². The maximum atomic E-state index is 12.3. The van der Waals surface area contributed by atoms with Crippen LogP contribution in [0.3, 0.4) is 0 Å². The number of fused-ring (bicyclic) bond motifs is 1. The Hall–Kier alpha value is -2.16. The van der Waals surface area contributed by atoms with Gasteiger partial charge in [-0.15, -0.1) is 0 Å². The maximum Gasteiger partial charge on any atom is 0.346 e. The third-order valence-corrected chi connectivity index (χ3v) is 4.67. The number of methoxy groups -OCH3 is 2. The first kappa shape index (κ1) is 18.6. The molecule has 3 rings (SSSR count). The highest BCUT2D eigenvalue weighted by Gasteiger charge is 2.15. The van der Waals surface area contributed by atoms with E-state index in [0.29, 0.717) is 39.6 Å². The van der Waals surface area contributed by atoms with Crippen LogP contribution >= 0.6 is 12.2 Å². The SMILES string of the molecule is COc1cc(OC)c2cc(C(=S)NCCN3CCOCC3)c(=O)oc2c1. The minimum atomic E-state index is -0.489. The molecule has 1 aromatic carbocycles. The predicted molar refractivity (Wildman–Crippen MR) is 103 cm³/mol. The lowest BCUT2D eigenvalue weighted by Gasteiger charge is -2.26. The molecule has 1 aliphatic rings. The van der Waals surface area contributed by atoms with Crippen molar-refractivity contribution in [2.75, 3.05) is 53.6 Å². The molecule has 7 nitrogen and oxygen atoms in total. The molecule has 0 atom stereocenters. The molecule has 1 fully saturated rings. The molecule has 1 saturated heterocycles. The minimum Gasteiger partial charge on any atom is -0.496 e. The van der Waals surface area contributed by atoms with Gasteiger partial charge >= 0.3 is 5.63 Å². The Kier molecular flexibility index (Phi) is 6.08. The number of ether oxygens (including phenoxy) is 3. The van der Waals surface area contributed by atoms with E-state index in [-0.39, 0.29) is 0 Å². The van der Waals surface area contributed by atoms with Crippen LogP contribution < -0.4 is 20.4 Å². The largest absolute Gasteiger partial charge is 0.496 e. The molecule has 0 unspecified atom stereocenters. The Morgan fingerprint density at radius 2 is 2.00 bits per heavy atom. The van der Waals surface area contributed by atoms with Crippen LogP contribution in [0.2, 0.25) is 0 Å². The number of nitrogens with zero attached hydrogens (tertiary/aromatic N) is 1. The molecule has 0 spiro atoms. The van der Waals surface area contributed by atoms with Gasteiger partial charge in [0, 0.05) is 38.3 Å². The standard InChI is InChI=1S/C18H22N2O5S/c1-22-12-9-15(23-2)13-11-14(18(21)25-16(13)10-12)17(26)19-3-4-20-5-7-24-8-6-20/h9-11H,3-8H2,1-2H3,(H,19,26). The molecule has 2 heterocycles. The first-order valence-corrected chi connectivity index (χ1v) is 8.81. The number of rotatable bonds is 6.